The van der Waals surface area contributed by atoms with Gasteiger partial charge in [-0.15, -0.1) is 0 Å². The molecule has 0 unspecified atom stereocenters. The quantitative estimate of drug-likeness (QED) is 0.733. The van der Waals surface area contributed by atoms with Gasteiger partial charge < -0.3 is 19.3 Å². The van der Waals surface area contributed by atoms with Crippen LogP contribution in [0.15, 0.2) is 65.7 Å². The summed E-state index contributed by atoms with van der Waals surface area (Å²) in [6.45, 7) is 1.44. The second kappa shape index (κ2) is 8.99. The molecule has 0 spiro atoms. The summed E-state index contributed by atoms with van der Waals surface area (Å²) >= 11 is 1.40. The van der Waals surface area contributed by atoms with Crippen LogP contribution in [0.3, 0.4) is 0 Å². The van der Waals surface area contributed by atoms with Gasteiger partial charge in [-0.2, -0.15) is 0 Å². The van der Waals surface area contributed by atoms with Crippen LogP contribution in [0.4, 0.5) is 0 Å². The summed E-state index contributed by atoms with van der Waals surface area (Å²) in [6, 6.07) is 16.5. The van der Waals surface area contributed by atoms with E-state index in [1.54, 1.807) is 60.7 Å². The van der Waals surface area contributed by atoms with E-state index < -0.39 is 48.3 Å². The Labute approximate surface area is 178 Å². The van der Waals surface area contributed by atoms with Crippen LogP contribution in [0.25, 0.3) is 0 Å². The van der Waals surface area contributed by atoms with Crippen molar-refractivity contribution in [3.05, 3.63) is 71.8 Å². The normalized spacial score (nSPS) is 27.7. The number of ether oxygens (including phenoxy) is 3. The van der Waals surface area contributed by atoms with Crippen LogP contribution in [0.5, 0.6) is 0 Å². The zero-order valence-corrected chi connectivity index (χ0v) is 17.0. The van der Waals surface area contributed by atoms with Crippen LogP contribution in [0.2, 0.25) is 0 Å². The summed E-state index contributed by atoms with van der Waals surface area (Å²) in [6.07, 6.45) is -2.75. The van der Waals surface area contributed by atoms with E-state index >= 15 is 0 Å². The Morgan fingerprint density at radius 2 is 1.50 bits per heavy atom. The van der Waals surface area contributed by atoms with Crippen LogP contribution < -0.4 is 0 Å². The number of esters is 2. The maximum absolute atomic E-state index is 12.8. The van der Waals surface area contributed by atoms with Crippen LogP contribution in [-0.2, 0) is 14.2 Å². The summed E-state index contributed by atoms with van der Waals surface area (Å²) in [4.78, 5) is 30.0. The molecule has 0 amide bonds. The molecular weight excluding hydrogens is 406 g/mol. The van der Waals surface area contributed by atoms with Gasteiger partial charge in [0.25, 0.3) is 0 Å². The number of aliphatic imine (C=N–C) groups is 1. The van der Waals surface area contributed by atoms with Crippen molar-refractivity contribution in [2.45, 2.75) is 36.7 Å². The highest BCUT2D eigenvalue weighted by molar-refractivity contribution is 8.14. The van der Waals surface area contributed by atoms with Crippen molar-refractivity contribution in [3.63, 3.8) is 0 Å². The molecule has 8 heteroatoms. The Bertz CT molecular complexity index is 935. The van der Waals surface area contributed by atoms with Gasteiger partial charge in [-0.3, -0.25) is 4.99 Å². The van der Waals surface area contributed by atoms with Crippen LogP contribution >= 0.6 is 11.8 Å². The molecule has 1 N–H and O–H groups in total. The monoisotopic (exact) mass is 427 g/mol. The second-order valence-electron chi connectivity index (χ2n) is 6.95. The van der Waals surface area contributed by atoms with Gasteiger partial charge >= 0.3 is 11.9 Å². The largest absolute Gasteiger partial charge is 0.452 e. The number of aliphatic hydroxyl groups is 1. The van der Waals surface area contributed by atoms with Gasteiger partial charge in [0.05, 0.1) is 22.8 Å². The van der Waals surface area contributed by atoms with E-state index in [9.17, 15) is 14.7 Å². The van der Waals surface area contributed by atoms with Gasteiger partial charge in [0.15, 0.2) is 12.2 Å². The first-order valence-corrected chi connectivity index (χ1v) is 10.4. The first-order chi connectivity index (χ1) is 14.6. The van der Waals surface area contributed by atoms with E-state index in [-0.39, 0.29) is 0 Å². The molecule has 5 atom stereocenters. The van der Waals surface area contributed by atoms with Crippen LogP contribution in [-0.4, -0.2) is 58.5 Å². The number of benzene rings is 2. The summed E-state index contributed by atoms with van der Waals surface area (Å²) < 4.78 is 17.4. The first-order valence-electron chi connectivity index (χ1n) is 9.56. The molecule has 2 aliphatic heterocycles. The van der Waals surface area contributed by atoms with E-state index in [1.807, 2.05) is 6.92 Å². The third-order valence-corrected chi connectivity index (χ3v) is 5.99. The molecule has 0 bridgehead atoms. The topological polar surface area (TPSA) is 94.4 Å². The third-order valence-electron chi connectivity index (χ3n) is 4.92. The molecular formula is C22H21NO6S. The fourth-order valence-electron chi connectivity index (χ4n) is 3.49. The van der Waals surface area contributed by atoms with Crippen molar-refractivity contribution in [2.24, 2.45) is 4.99 Å². The van der Waals surface area contributed by atoms with Crippen molar-refractivity contribution >= 4 is 28.7 Å². The minimum Gasteiger partial charge on any atom is -0.452 e. The second-order valence-corrected chi connectivity index (χ2v) is 8.25. The minimum atomic E-state index is -1.01. The molecule has 0 aromatic heterocycles. The van der Waals surface area contributed by atoms with Gasteiger partial charge in [0.2, 0.25) is 0 Å². The molecule has 4 rings (SSSR count). The van der Waals surface area contributed by atoms with Gasteiger partial charge in [0.1, 0.15) is 17.6 Å². The smallest absolute Gasteiger partial charge is 0.338 e. The molecule has 0 aliphatic carbocycles. The molecule has 0 saturated carbocycles. The molecule has 2 heterocycles. The van der Waals surface area contributed by atoms with Gasteiger partial charge in [0, 0.05) is 0 Å². The Morgan fingerprint density at radius 3 is 2.03 bits per heavy atom. The van der Waals surface area contributed by atoms with E-state index in [1.165, 1.54) is 11.8 Å². The molecule has 30 heavy (non-hydrogen) atoms. The maximum atomic E-state index is 12.8. The highest BCUT2D eigenvalue weighted by atomic mass is 32.2. The fraction of sp³-hybridized carbons (Fsp3) is 0.318. The number of aliphatic hydroxyl groups excluding tert-OH is 1. The molecule has 2 aliphatic rings. The Morgan fingerprint density at radius 1 is 0.967 bits per heavy atom. The van der Waals surface area contributed by atoms with Crippen LogP contribution in [0.1, 0.15) is 27.6 Å². The number of nitrogens with zero attached hydrogens (tertiary/aromatic N) is 1. The number of fused-ring (bicyclic) bond motifs is 1. The lowest BCUT2D eigenvalue weighted by molar-refractivity contribution is -0.168. The van der Waals surface area contributed by atoms with Crippen LogP contribution in [0, 0.1) is 0 Å². The lowest BCUT2D eigenvalue weighted by Crippen LogP contribution is -2.59. The number of carbonyl (C=O) groups excluding carboxylic acids is 2. The van der Waals surface area contributed by atoms with E-state index in [0.717, 1.165) is 5.04 Å². The average Bonchev–Trinajstić information content (AvgIpc) is 3.16. The molecule has 1 saturated heterocycles. The maximum Gasteiger partial charge on any atom is 0.338 e. The highest BCUT2D eigenvalue weighted by Gasteiger charge is 2.52. The molecule has 0 radical (unpaired) electrons. The lowest BCUT2D eigenvalue weighted by atomic mass is 9.97. The molecule has 2 aromatic rings. The number of carbonyl (C=O) groups is 2. The third kappa shape index (κ3) is 4.26. The Hall–Kier alpha value is -2.68. The fourth-order valence-corrected chi connectivity index (χ4v) is 4.56. The zero-order chi connectivity index (χ0) is 21.1. The van der Waals surface area contributed by atoms with Crippen molar-refractivity contribution in [3.8, 4) is 0 Å². The molecule has 1 fully saturated rings. The van der Waals surface area contributed by atoms with E-state index in [0.29, 0.717) is 11.1 Å². The lowest BCUT2D eigenvalue weighted by Gasteiger charge is -2.41. The molecule has 7 nitrogen and oxygen atoms in total. The van der Waals surface area contributed by atoms with E-state index in [2.05, 4.69) is 4.99 Å². The van der Waals surface area contributed by atoms with Crippen molar-refractivity contribution in [1.82, 2.24) is 0 Å². The number of rotatable bonds is 5. The first kappa shape index (κ1) is 20.6. The Balaban J connectivity index is 1.62. The zero-order valence-electron chi connectivity index (χ0n) is 16.2. The predicted molar refractivity (Wildman–Crippen MR) is 112 cm³/mol. The van der Waals surface area contributed by atoms with Crippen molar-refractivity contribution < 1.29 is 28.9 Å². The van der Waals surface area contributed by atoms with Crippen molar-refractivity contribution in [1.29, 1.82) is 0 Å². The molecule has 2 aromatic carbocycles. The summed E-state index contributed by atoms with van der Waals surface area (Å²) in [5.41, 5.74) is 0.299. The predicted octanol–water partition coefficient (Wildman–Crippen LogP) is 2.69. The van der Waals surface area contributed by atoms with E-state index in [4.69, 9.17) is 14.2 Å². The number of thioether (sulfide) groups is 1. The van der Waals surface area contributed by atoms with Gasteiger partial charge in [-0.1, -0.05) is 48.2 Å². The minimum absolute atomic E-state index is 0.352. The number of hydrogen-bond acceptors (Lipinski definition) is 8. The molecule has 156 valence electrons. The standard InChI is InChI=1S/C22H21NO6S/c1-13-23-17-19(29-21(26)15-10-6-3-7-11-15)18(16(12-24)27-22(17)30-13)28-20(25)14-8-4-2-5-9-14/h2-11,16-19,22,24H,12H2,1H3/t16-,17-,18-,19-,22-/m1/s1. The van der Waals surface area contributed by atoms with Crippen molar-refractivity contribution in [2.75, 3.05) is 6.61 Å². The average molecular weight is 427 g/mol. The highest BCUT2D eigenvalue weighted by Crippen LogP contribution is 2.39. The summed E-state index contributed by atoms with van der Waals surface area (Å²) in [5, 5.41) is 10.7. The Kier molecular flexibility index (Phi) is 6.17. The SMILES string of the molecule is CC1=N[C@@H]2[C@@H](OC(=O)c3ccccc3)[C@H](OC(=O)c3ccccc3)[C@@H](CO)O[C@@H]2S1. The van der Waals surface area contributed by atoms with Gasteiger partial charge in [-0.25, -0.2) is 9.59 Å². The number of hydrogen-bond donors (Lipinski definition) is 1. The summed E-state index contributed by atoms with van der Waals surface area (Å²) in [5.74, 6) is -1.14. The van der Waals surface area contributed by atoms with Gasteiger partial charge in [-0.05, 0) is 31.2 Å². The summed E-state index contributed by atoms with van der Waals surface area (Å²) in [7, 11) is 0.